The normalized spacial score (nSPS) is 13.8. The van der Waals surface area contributed by atoms with E-state index in [0.29, 0.717) is 5.92 Å². The molecule has 0 aromatic rings. The zero-order valence-corrected chi connectivity index (χ0v) is 8.01. The minimum atomic E-state index is 0.177. The first-order valence-electron chi connectivity index (χ1n) is 4.41. The maximum absolute atomic E-state index is 5.41. The van der Waals surface area contributed by atoms with Gasteiger partial charge in [0, 0.05) is 11.8 Å². The Kier molecular flexibility index (Phi) is 6.19. The van der Waals surface area contributed by atoms with Crippen molar-refractivity contribution in [3.05, 3.63) is 25.3 Å². The minimum absolute atomic E-state index is 0.177. The fourth-order valence-corrected chi connectivity index (χ4v) is 0.717. The van der Waals surface area contributed by atoms with Crippen LogP contribution in [0.4, 0.5) is 0 Å². The van der Waals surface area contributed by atoms with Crippen LogP contribution in [0.25, 0.3) is 0 Å². The van der Waals surface area contributed by atoms with E-state index in [1.165, 1.54) is 0 Å². The van der Waals surface area contributed by atoms with Crippen LogP contribution in [0.2, 0.25) is 0 Å². The van der Waals surface area contributed by atoms with Gasteiger partial charge in [-0.2, -0.15) is 0 Å². The molecule has 0 aliphatic heterocycles. The lowest BCUT2D eigenvalue weighted by Crippen LogP contribution is -1.92. The van der Waals surface area contributed by atoms with Crippen LogP contribution in [0.15, 0.2) is 18.7 Å². The summed E-state index contributed by atoms with van der Waals surface area (Å²) in [6, 6.07) is 0. The standard InChI is InChI=1S/C12H17/c1-5-8-12(7-3)10-9-11(4)6-2/h3,5,7,11-12H,1,6,8H2,2,4H3. The highest BCUT2D eigenvalue weighted by Crippen LogP contribution is 2.04. The van der Waals surface area contributed by atoms with Crippen LogP contribution in [0.3, 0.4) is 0 Å². The molecular weight excluding hydrogens is 144 g/mol. The highest BCUT2D eigenvalue weighted by Gasteiger charge is 1.95. The van der Waals surface area contributed by atoms with Gasteiger partial charge in [0.15, 0.2) is 0 Å². The average molecular weight is 161 g/mol. The first kappa shape index (κ1) is 11.0. The smallest absolute Gasteiger partial charge is 0.0420 e. The zero-order chi connectivity index (χ0) is 9.40. The van der Waals surface area contributed by atoms with Gasteiger partial charge in [0.1, 0.15) is 0 Å². The van der Waals surface area contributed by atoms with Gasteiger partial charge in [0.2, 0.25) is 0 Å². The Hall–Kier alpha value is -0.960. The SMILES string of the molecule is [CH]=CC(C#CC(C)CC)CC=C. The molecule has 0 heteroatoms. The monoisotopic (exact) mass is 161 g/mol. The van der Waals surface area contributed by atoms with E-state index in [4.69, 9.17) is 6.58 Å². The van der Waals surface area contributed by atoms with Gasteiger partial charge >= 0.3 is 0 Å². The molecule has 1 radical (unpaired) electrons. The largest absolute Gasteiger partial charge is 0.103 e. The van der Waals surface area contributed by atoms with Crippen molar-refractivity contribution < 1.29 is 0 Å². The number of hydrogen-bond acceptors (Lipinski definition) is 0. The maximum atomic E-state index is 5.41. The summed E-state index contributed by atoms with van der Waals surface area (Å²) in [7, 11) is 0. The summed E-state index contributed by atoms with van der Waals surface area (Å²) in [5.41, 5.74) is 0. The number of allylic oxidation sites excluding steroid dienone is 2. The molecular formula is C12H17. The summed E-state index contributed by atoms with van der Waals surface area (Å²) in [6.07, 6.45) is 5.43. The Morgan fingerprint density at radius 3 is 2.58 bits per heavy atom. The first-order valence-corrected chi connectivity index (χ1v) is 4.41. The summed E-state index contributed by atoms with van der Waals surface area (Å²) < 4.78 is 0. The van der Waals surface area contributed by atoms with Gasteiger partial charge in [0.05, 0.1) is 0 Å². The lowest BCUT2D eigenvalue weighted by atomic mass is 10.0. The van der Waals surface area contributed by atoms with E-state index in [1.807, 2.05) is 6.08 Å². The summed E-state index contributed by atoms with van der Waals surface area (Å²) in [4.78, 5) is 0. The van der Waals surface area contributed by atoms with Gasteiger partial charge in [-0.3, -0.25) is 0 Å². The second kappa shape index (κ2) is 6.73. The Balaban J connectivity index is 4.03. The lowest BCUT2D eigenvalue weighted by Gasteiger charge is -2.00. The Morgan fingerprint density at radius 1 is 1.50 bits per heavy atom. The first-order chi connectivity index (χ1) is 5.74. The highest BCUT2D eigenvalue weighted by molar-refractivity contribution is 5.11. The van der Waals surface area contributed by atoms with Crippen molar-refractivity contribution in [2.45, 2.75) is 26.7 Å². The van der Waals surface area contributed by atoms with Gasteiger partial charge in [-0.15, -0.1) is 6.58 Å². The Bertz CT molecular complexity index is 190. The topological polar surface area (TPSA) is 0 Å². The Labute approximate surface area is 76.4 Å². The number of rotatable bonds is 4. The highest BCUT2D eigenvalue weighted by atomic mass is 14.0. The molecule has 0 saturated heterocycles. The molecule has 0 fully saturated rings. The molecule has 0 nitrogen and oxygen atoms in total. The molecule has 0 bridgehead atoms. The van der Waals surface area contributed by atoms with E-state index in [0.717, 1.165) is 12.8 Å². The molecule has 65 valence electrons. The van der Waals surface area contributed by atoms with Crippen molar-refractivity contribution in [1.29, 1.82) is 0 Å². The molecule has 0 aromatic carbocycles. The van der Waals surface area contributed by atoms with Crippen LogP contribution in [0.5, 0.6) is 0 Å². The van der Waals surface area contributed by atoms with Crippen molar-refractivity contribution >= 4 is 0 Å². The van der Waals surface area contributed by atoms with Crippen molar-refractivity contribution in [3.63, 3.8) is 0 Å². The Morgan fingerprint density at radius 2 is 2.17 bits per heavy atom. The molecule has 0 heterocycles. The van der Waals surface area contributed by atoms with Crippen molar-refractivity contribution in [3.8, 4) is 11.8 Å². The van der Waals surface area contributed by atoms with Crippen LogP contribution in [-0.4, -0.2) is 0 Å². The van der Waals surface area contributed by atoms with Crippen LogP contribution in [0, 0.1) is 30.3 Å². The quantitative estimate of drug-likeness (QED) is 0.438. The summed E-state index contributed by atoms with van der Waals surface area (Å²) in [5, 5.41) is 0. The van der Waals surface area contributed by atoms with Gasteiger partial charge in [-0.05, 0) is 12.8 Å². The molecule has 0 N–H and O–H groups in total. The predicted octanol–water partition coefficient (Wildman–Crippen LogP) is 3.22. The van der Waals surface area contributed by atoms with Crippen LogP contribution < -0.4 is 0 Å². The van der Waals surface area contributed by atoms with E-state index in [-0.39, 0.29) is 5.92 Å². The van der Waals surface area contributed by atoms with E-state index < -0.39 is 0 Å². The average Bonchev–Trinajstić information content (AvgIpc) is 2.11. The van der Waals surface area contributed by atoms with E-state index in [1.54, 1.807) is 6.08 Å². The molecule has 0 aliphatic rings. The van der Waals surface area contributed by atoms with E-state index in [9.17, 15) is 0 Å². The molecule has 0 rings (SSSR count). The second-order valence-electron chi connectivity index (χ2n) is 2.92. The van der Waals surface area contributed by atoms with Gasteiger partial charge in [-0.1, -0.05) is 44.4 Å². The van der Waals surface area contributed by atoms with Crippen molar-refractivity contribution in [2.75, 3.05) is 0 Å². The van der Waals surface area contributed by atoms with E-state index >= 15 is 0 Å². The van der Waals surface area contributed by atoms with Gasteiger partial charge in [-0.25, -0.2) is 0 Å². The van der Waals surface area contributed by atoms with Crippen molar-refractivity contribution in [2.24, 2.45) is 11.8 Å². The third kappa shape index (κ3) is 4.79. The fourth-order valence-electron chi connectivity index (χ4n) is 0.717. The van der Waals surface area contributed by atoms with Gasteiger partial charge < -0.3 is 0 Å². The second-order valence-corrected chi connectivity index (χ2v) is 2.92. The minimum Gasteiger partial charge on any atom is -0.103 e. The van der Waals surface area contributed by atoms with Gasteiger partial charge in [0.25, 0.3) is 0 Å². The van der Waals surface area contributed by atoms with Crippen LogP contribution in [-0.2, 0) is 0 Å². The molecule has 2 unspecified atom stereocenters. The third-order valence-corrected chi connectivity index (χ3v) is 1.78. The molecule has 12 heavy (non-hydrogen) atoms. The lowest BCUT2D eigenvalue weighted by molar-refractivity contribution is 0.719. The van der Waals surface area contributed by atoms with Crippen molar-refractivity contribution in [1.82, 2.24) is 0 Å². The number of hydrogen-bond donors (Lipinski definition) is 0. The molecule has 0 aliphatic carbocycles. The molecule has 0 amide bonds. The predicted molar refractivity (Wildman–Crippen MR) is 54.4 cm³/mol. The summed E-state index contributed by atoms with van der Waals surface area (Å²) in [5.74, 6) is 6.93. The van der Waals surface area contributed by atoms with Crippen LogP contribution in [0.1, 0.15) is 26.7 Å². The summed E-state index contributed by atoms with van der Waals surface area (Å²) >= 11 is 0. The molecule has 0 saturated carbocycles. The zero-order valence-electron chi connectivity index (χ0n) is 8.01. The molecule has 2 atom stereocenters. The van der Waals surface area contributed by atoms with E-state index in [2.05, 4.69) is 32.3 Å². The fraction of sp³-hybridized carbons (Fsp3) is 0.500. The third-order valence-electron chi connectivity index (χ3n) is 1.78. The molecule has 0 spiro atoms. The maximum Gasteiger partial charge on any atom is 0.0420 e. The summed E-state index contributed by atoms with van der Waals surface area (Å²) in [6.45, 7) is 13.3. The molecule has 0 aromatic heterocycles. The van der Waals surface area contributed by atoms with Crippen LogP contribution >= 0.6 is 0 Å².